The number of esters is 1. The molecule has 0 saturated carbocycles. The highest BCUT2D eigenvalue weighted by Gasteiger charge is 2.15. The topological polar surface area (TPSA) is 26.3 Å². The second kappa shape index (κ2) is 13.6. The van der Waals surface area contributed by atoms with Crippen LogP contribution >= 0.6 is 0 Å². The van der Waals surface area contributed by atoms with E-state index in [0.29, 0.717) is 12.2 Å². The number of hydrogen-bond acceptors (Lipinski definition) is 2. The number of carbonyl (C=O) groups excluding carboxylic acids is 1. The molecule has 0 fully saturated rings. The van der Waals surface area contributed by atoms with Crippen molar-refractivity contribution >= 4 is 11.5 Å². The minimum absolute atomic E-state index is 0.109. The fourth-order valence-electron chi connectivity index (χ4n) is 4.07. The molecule has 0 aliphatic heterocycles. The van der Waals surface area contributed by atoms with Crippen molar-refractivity contribution in [2.24, 2.45) is 5.92 Å². The molecular weight excluding hydrogens is 344 g/mol. The van der Waals surface area contributed by atoms with Crippen molar-refractivity contribution in [2.45, 2.75) is 104 Å². The average Bonchev–Trinajstić information content (AvgIpc) is 2.72. The van der Waals surface area contributed by atoms with Crippen LogP contribution in [0.3, 0.4) is 0 Å². The maximum atomic E-state index is 11.9. The first kappa shape index (κ1) is 22.7. The van der Waals surface area contributed by atoms with E-state index in [2.05, 4.69) is 32.1 Å². The van der Waals surface area contributed by atoms with Gasteiger partial charge in [0.1, 0.15) is 5.75 Å². The minimum atomic E-state index is -0.109. The molecule has 0 heterocycles. The SMILES string of the molecule is CCCCCCCC1CC=C(c2ccc(OC(=O)CCCCCC)cc2)CC1. The Labute approximate surface area is 172 Å². The van der Waals surface area contributed by atoms with Crippen LogP contribution < -0.4 is 4.74 Å². The highest BCUT2D eigenvalue weighted by Crippen LogP contribution is 2.33. The van der Waals surface area contributed by atoms with E-state index in [1.807, 2.05) is 12.1 Å². The molecule has 0 N–H and O–H groups in total. The van der Waals surface area contributed by atoms with Crippen molar-refractivity contribution in [3.63, 3.8) is 0 Å². The lowest BCUT2D eigenvalue weighted by molar-refractivity contribution is -0.134. The molecule has 0 bridgehead atoms. The lowest BCUT2D eigenvalue weighted by atomic mass is 9.84. The second-order valence-corrected chi connectivity index (χ2v) is 8.38. The summed E-state index contributed by atoms with van der Waals surface area (Å²) in [6.07, 6.45) is 19.4. The van der Waals surface area contributed by atoms with Crippen LogP contribution in [0.5, 0.6) is 5.75 Å². The standard InChI is InChI=1S/C26H40O2/c1-3-5-7-9-10-12-22-14-16-23(17-15-22)24-18-20-25(21-19-24)28-26(27)13-11-8-6-4-2/h16,18-22H,3-15,17H2,1-2H3. The first-order valence-electron chi connectivity index (χ1n) is 11.7. The highest BCUT2D eigenvalue weighted by atomic mass is 16.5. The van der Waals surface area contributed by atoms with Crippen molar-refractivity contribution in [1.29, 1.82) is 0 Å². The summed E-state index contributed by atoms with van der Waals surface area (Å²) in [5.41, 5.74) is 2.74. The molecule has 0 radical (unpaired) electrons. The third kappa shape index (κ3) is 8.63. The van der Waals surface area contributed by atoms with Crippen LogP contribution in [0.1, 0.15) is 109 Å². The highest BCUT2D eigenvalue weighted by molar-refractivity contribution is 5.73. The van der Waals surface area contributed by atoms with Gasteiger partial charge in [0.15, 0.2) is 0 Å². The largest absolute Gasteiger partial charge is 0.427 e. The van der Waals surface area contributed by atoms with E-state index in [0.717, 1.165) is 18.8 Å². The Morgan fingerprint density at radius 1 is 0.929 bits per heavy atom. The van der Waals surface area contributed by atoms with Gasteiger partial charge in [0.05, 0.1) is 0 Å². The molecule has 0 aromatic heterocycles. The van der Waals surface area contributed by atoms with Gasteiger partial charge in [-0.3, -0.25) is 4.79 Å². The predicted molar refractivity (Wildman–Crippen MR) is 120 cm³/mol. The van der Waals surface area contributed by atoms with Crippen molar-refractivity contribution < 1.29 is 9.53 Å². The van der Waals surface area contributed by atoms with Gasteiger partial charge < -0.3 is 4.74 Å². The van der Waals surface area contributed by atoms with Gasteiger partial charge in [0, 0.05) is 6.42 Å². The molecule has 2 heteroatoms. The van der Waals surface area contributed by atoms with E-state index in [1.165, 1.54) is 81.8 Å². The first-order valence-corrected chi connectivity index (χ1v) is 11.7. The zero-order valence-corrected chi connectivity index (χ0v) is 18.2. The summed E-state index contributed by atoms with van der Waals surface area (Å²) in [4.78, 5) is 11.9. The van der Waals surface area contributed by atoms with Gasteiger partial charge in [-0.2, -0.15) is 0 Å². The van der Waals surface area contributed by atoms with E-state index < -0.39 is 0 Å². The van der Waals surface area contributed by atoms with Crippen LogP contribution in [0.25, 0.3) is 5.57 Å². The summed E-state index contributed by atoms with van der Waals surface area (Å²) in [6.45, 7) is 4.45. The number of hydrogen-bond donors (Lipinski definition) is 0. The lowest BCUT2D eigenvalue weighted by Crippen LogP contribution is -2.08. The molecule has 1 aromatic carbocycles. The van der Waals surface area contributed by atoms with Gasteiger partial charge in [-0.1, -0.05) is 89.8 Å². The van der Waals surface area contributed by atoms with Crippen LogP contribution in [-0.4, -0.2) is 5.97 Å². The van der Waals surface area contributed by atoms with E-state index >= 15 is 0 Å². The molecule has 2 rings (SSSR count). The van der Waals surface area contributed by atoms with Crippen LogP contribution in [-0.2, 0) is 4.79 Å². The van der Waals surface area contributed by atoms with Crippen molar-refractivity contribution in [1.82, 2.24) is 0 Å². The van der Waals surface area contributed by atoms with Crippen LogP contribution in [0.4, 0.5) is 0 Å². The van der Waals surface area contributed by atoms with E-state index in [1.54, 1.807) is 0 Å². The number of rotatable bonds is 13. The fraction of sp³-hybridized carbons (Fsp3) is 0.654. The number of ether oxygens (including phenoxy) is 1. The third-order valence-corrected chi connectivity index (χ3v) is 5.93. The molecule has 1 aromatic rings. The van der Waals surface area contributed by atoms with E-state index in [4.69, 9.17) is 4.74 Å². The summed E-state index contributed by atoms with van der Waals surface area (Å²) < 4.78 is 5.47. The summed E-state index contributed by atoms with van der Waals surface area (Å²) >= 11 is 0. The number of carbonyl (C=O) groups is 1. The summed E-state index contributed by atoms with van der Waals surface area (Å²) in [5.74, 6) is 1.44. The molecule has 1 atom stereocenters. The molecule has 156 valence electrons. The number of allylic oxidation sites excluding steroid dienone is 2. The van der Waals surface area contributed by atoms with Gasteiger partial charge in [0.25, 0.3) is 0 Å². The smallest absolute Gasteiger partial charge is 0.311 e. The zero-order chi connectivity index (χ0) is 20.0. The van der Waals surface area contributed by atoms with Gasteiger partial charge in [-0.15, -0.1) is 0 Å². The maximum Gasteiger partial charge on any atom is 0.311 e. The van der Waals surface area contributed by atoms with Crippen molar-refractivity contribution in [2.75, 3.05) is 0 Å². The van der Waals surface area contributed by atoms with Gasteiger partial charge in [-0.25, -0.2) is 0 Å². The Balaban J connectivity index is 1.72. The molecule has 0 saturated heterocycles. The Hall–Kier alpha value is -1.57. The monoisotopic (exact) mass is 384 g/mol. The molecule has 1 aliphatic carbocycles. The van der Waals surface area contributed by atoms with E-state index in [-0.39, 0.29) is 5.97 Å². The number of benzene rings is 1. The average molecular weight is 385 g/mol. The molecule has 2 nitrogen and oxygen atoms in total. The van der Waals surface area contributed by atoms with Crippen LogP contribution in [0.15, 0.2) is 30.3 Å². The Morgan fingerprint density at radius 3 is 2.25 bits per heavy atom. The normalized spacial score (nSPS) is 16.6. The van der Waals surface area contributed by atoms with Crippen molar-refractivity contribution in [3.05, 3.63) is 35.9 Å². The molecule has 1 unspecified atom stereocenters. The molecular formula is C26H40O2. The number of unbranched alkanes of at least 4 members (excludes halogenated alkanes) is 7. The molecule has 1 aliphatic rings. The van der Waals surface area contributed by atoms with Gasteiger partial charge >= 0.3 is 5.97 Å². The third-order valence-electron chi connectivity index (χ3n) is 5.93. The molecule has 0 spiro atoms. The minimum Gasteiger partial charge on any atom is -0.427 e. The molecule has 28 heavy (non-hydrogen) atoms. The summed E-state index contributed by atoms with van der Waals surface area (Å²) in [5, 5.41) is 0. The first-order chi connectivity index (χ1) is 13.7. The second-order valence-electron chi connectivity index (χ2n) is 8.38. The molecule has 0 amide bonds. The van der Waals surface area contributed by atoms with Gasteiger partial charge in [-0.05, 0) is 54.9 Å². The Bertz CT molecular complexity index is 585. The van der Waals surface area contributed by atoms with Gasteiger partial charge in [0.2, 0.25) is 0 Å². The van der Waals surface area contributed by atoms with Crippen molar-refractivity contribution in [3.8, 4) is 5.75 Å². The predicted octanol–water partition coefficient (Wildman–Crippen LogP) is 8.11. The maximum absolute atomic E-state index is 11.9. The zero-order valence-electron chi connectivity index (χ0n) is 18.2. The van der Waals surface area contributed by atoms with Crippen LogP contribution in [0.2, 0.25) is 0 Å². The Morgan fingerprint density at radius 2 is 1.61 bits per heavy atom. The lowest BCUT2D eigenvalue weighted by Gasteiger charge is -2.22. The fourth-order valence-corrected chi connectivity index (χ4v) is 4.07. The summed E-state index contributed by atoms with van der Waals surface area (Å²) in [7, 11) is 0. The Kier molecular flexibility index (Phi) is 11.0. The van der Waals surface area contributed by atoms with E-state index in [9.17, 15) is 4.79 Å². The summed E-state index contributed by atoms with van der Waals surface area (Å²) in [6, 6.07) is 8.10. The van der Waals surface area contributed by atoms with Crippen LogP contribution in [0, 0.1) is 5.92 Å². The quantitative estimate of drug-likeness (QED) is 0.195.